The van der Waals surface area contributed by atoms with E-state index in [4.69, 9.17) is 0 Å². The van der Waals surface area contributed by atoms with Gasteiger partial charge in [-0.15, -0.1) is 0 Å². The normalized spacial score (nSPS) is 10.4. The predicted molar refractivity (Wildman–Crippen MR) is 77.5 cm³/mol. The van der Waals surface area contributed by atoms with Gasteiger partial charge in [-0.2, -0.15) is 11.6 Å². The summed E-state index contributed by atoms with van der Waals surface area (Å²) in [6.07, 6.45) is 8.12. The minimum Gasteiger partial charge on any atom is -0.176 e. The maximum absolute atomic E-state index is 2.28. The fraction of sp³-hybridized carbons (Fsp3) is 0.571. The van der Waals surface area contributed by atoms with E-state index in [1.54, 1.807) is 0 Å². The molecule has 0 spiro atoms. The third-order valence-corrected chi connectivity index (χ3v) is 4.15. The molecule has 0 atom stereocenters. The molecule has 0 aliphatic heterocycles. The molecule has 0 amide bonds. The molecule has 0 aliphatic carbocycles. The van der Waals surface area contributed by atoms with Crippen molar-refractivity contribution < 1.29 is 0 Å². The van der Waals surface area contributed by atoms with Crippen LogP contribution in [0.15, 0.2) is 35.2 Å². The van der Waals surface area contributed by atoms with Gasteiger partial charge in [0.25, 0.3) is 0 Å². The van der Waals surface area contributed by atoms with Crippen molar-refractivity contribution in [2.45, 2.75) is 57.1 Å². The Bertz CT molecular complexity index is 253. The summed E-state index contributed by atoms with van der Waals surface area (Å²) in [5, 5.41) is 0. The number of hydrogen-bond acceptors (Lipinski definition) is 1. The van der Waals surface area contributed by atoms with Gasteiger partial charge in [0, 0.05) is 0 Å². The van der Waals surface area contributed by atoms with E-state index in [0.717, 1.165) is 5.99 Å². The van der Waals surface area contributed by atoms with Gasteiger partial charge in [-0.3, -0.25) is 0 Å². The summed E-state index contributed by atoms with van der Waals surface area (Å²) in [7, 11) is 0. The van der Waals surface area contributed by atoms with E-state index in [2.05, 4.69) is 55.8 Å². The Morgan fingerprint density at radius 2 is 1.50 bits per heavy atom. The first-order valence-corrected chi connectivity index (χ1v) is 7.46. The minimum absolute atomic E-state index is 0.822. The SMILES string of the molecule is CCCCB(CCCC)Sc1ccccc1. The summed E-state index contributed by atoms with van der Waals surface area (Å²) in [5.74, 6) is 0.822. The Hall–Kier alpha value is -0.365. The molecular formula is C14H23BS. The third kappa shape index (κ3) is 5.65. The molecule has 2 heteroatoms. The molecular weight excluding hydrogens is 211 g/mol. The van der Waals surface area contributed by atoms with Crippen molar-refractivity contribution >= 4 is 17.6 Å². The van der Waals surface area contributed by atoms with Crippen molar-refractivity contribution in [2.24, 2.45) is 0 Å². The smallest absolute Gasteiger partial charge is 0.176 e. The quantitative estimate of drug-likeness (QED) is 0.545. The average molecular weight is 234 g/mol. The lowest BCUT2D eigenvalue weighted by atomic mass is 9.66. The molecule has 0 heterocycles. The lowest BCUT2D eigenvalue weighted by Gasteiger charge is -2.12. The van der Waals surface area contributed by atoms with Crippen molar-refractivity contribution in [2.75, 3.05) is 0 Å². The van der Waals surface area contributed by atoms with Crippen LogP contribution < -0.4 is 0 Å². The summed E-state index contributed by atoms with van der Waals surface area (Å²) >= 11 is 2.07. The van der Waals surface area contributed by atoms with Crippen molar-refractivity contribution in [3.8, 4) is 0 Å². The molecule has 0 N–H and O–H groups in total. The second-order valence-corrected chi connectivity index (χ2v) is 5.71. The molecule has 88 valence electrons. The maximum atomic E-state index is 2.28. The van der Waals surface area contributed by atoms with Crippen LogP contribution in [-0.2, 0) is 0 Å². The van der Waals surface area contributed by atoms with E-state index >= 15 is 0 Å². The molecule has 0 nitrogen and oxygen atoms in total. The van der Waals surface area contributed by atoms with Crippen LogP contribution in [0.5, 0.6) is 0 Å². The van der Waals surface area contributed by atoms with Gasteiger partial charge in [-0.05, 0) is 17.0 Å². The molecule has 0 fully saturated rings. The second kappa shape index (κ2) is 8.75. The first kappa shape index (κ1) is 13.7. The zero-order valence-corrected chi connectivity index (χ0v) is 11.4. The summed E-state index contributed by atoms with van der Waals surface area (Å²) in [4.78, 5) is 1.43. The van der Waals surface area contributed by atoms with E-state index in [-0.39, 0.29) is 0 Å². The molecule has 1 aromatic rings. The van der Waals surface area contributed by atoms with Crippen molar-refractivity contribution in [3.05, 3.63) is 30.3 Å². The van der Waals surface area contributed by atoms with E-state index in [1.165, 1.54) is 43.2 Å². The average Bonchev–Trinajstić information content (AvgIpc) is 2.34. The third-order valence-electron chi connectivity index (χ3n) is 2.81. The summed E-state index contributed by atoms with van der Waals surface area (Å²) < 4.78 is 0. The maximum Gasteiger partial charge on any atom is 0.215 e. The van der Waals surface area contributed by atoms with E-state index in [0.29, 0.717) is 0 Å². The molecule has 1 rings (SSSR count). The highest BCUT2D eigenvalue weighted by atomic mass is 32.2. The predicted octanol–water partition coefficient (Wildman–Crippen LogP) is 5.37. The highest BCUT2D eigenvalue weighted by molar-refractivity contribution is 8.25. The molecule has 0 saturated carbocycles. The zero-order chi connectivity index (χ0) is 11.6. The van der Waals surface area contributed by atoms with Gasteiger partial charge >= 0.3 is 0 Å². The molecule has 0 bridgehead atoms. The summed E-state index contributed by atoms with van der Waals surface area (Å²) in [6, 6.07) is 10.8. The molecule has 0 aromatic heterocycles. The Kier molecular flexibility index (Phi) is 7.49. The van der Waals surface area contributed by atoms with Crippen LogP contribution in [0.2, 0.25) is 12.6 Å². The second-order valence-electron chi connectivity index (χ2n) is 4.34. The van der Waals surface area contributed by atoms with Crippen molar-refractivity contribution in [1.82, 2.24) is 0 Å². The Balaban J connectivity index is 2.42. The molecule has 0 saturated heterocycles. The van der Waals surface area contributed by atoms with E-state index in [9.17, 15) is 0 Å². The van der Waals surface area contributed by atoms with Crippen LogP contribution in [0.3, 0.4) is 0 Å². The Labute approximate surface area is 105 Å². The number of rotatable bonds is 8. The van der Waals surface area contributed by atoms with Gasteiger partial charge in [-0.25, -0.2) is 0 Å². The largest absolute Gasteiger partial charge is 0.215 e. The lowest BCUT2D eigenvalue weighted by molar-refractivity contribution is 0.849. The lowest BCUT2D eigenvalue weighted by Crippen LogP contribution is -2.06. The molecule has 0 aliphatic rings. The van der Waals surface area contributed by atoms with Gasteiger partial charge in [0.15, 0.2) is 0 Å². The van der Waals surface area contributed by atoms with Crippen LogP contribution >= 0.6 is 11.6 Å². The summed E-state index contributed by atoms with van der Waals surface area (Å²) in [6.45, 7) is 4.56. The van der Waals surface area contributed by atoms with E-state index in [1.807, 2.05) is 0 Å². The Morgan fingerprint density at radius 1 is 0.938 bits per heavy atom. The fourth-order valence-corrected chi connectivity index (χ4v) is 3.09. The van der Waals surface area contributed by atoms with Gasteiger partial charge in [0.1, 0.15) is 0 Å². The monoisotopic (exact) mass is 234 g/mol. The minimum atomic E-state index is 0.822. The standard InChI is InChI=1S/C14H23BS/c1-3-5-12-15(13-6-4-2)16-14-10-8-7-9-11-14/h7-11H,3-6,12-13H2,1-2H3. The van der Waals surface area contributed by atoms with E-state index < -0.39 is 0 Å². The zero-order valence-electron chi connectivity index (χ0n) is 10.6. The number of hydrogen-bond donors (Lipinski definition) is 0. The summed E-state index contributed by atoms with van der Waals surface area (Å²) in [5.41, 5.74) is 0. The first-order valence-electron chi connectivity index (χ1n) is 6.58. The Morgan fingerprint density at radius 3 is 2.00 bits per heavy atom. The van der Waals surface area contributed by atoms with Gasteiger partial charge in [0.2, 0.25) is 5.99 Å². The number of benzene rings is 1. The fourth-order valence-electron chi connectivity index (χ4n) is 1.82. The molecule has 0 radical (unpaired) electrons. The highest BCUT2D eigenvalue weighted by Crippen LogP contribution is 2.27. The van der Waals surface area contributed by atoms with Crippen LogP contribution in [0.4, 0.5) is 0 Å². The number of unbranched alkanes of at least 4 members (excludes halogenated alkanes) is 2. The van der Waals surface area contributed by atoms with Crippen LogP contribution in [0.1, 0.15) is 39.5 Å². The van der Waals surface area contributed by atoms with Gasteiger partial charge < -0.3 is 0 Å². The van der Waals surface area contributed by atoms with Crippen molar-refractivity contribution in [1.29, 1.82) is 0 Å². The van der Waals surface area contributed by atoms with Crippen molar-refractivity contribution in [3.63, 3.8) is 0 Å². The molecule has 16 heavy (non-hydrogen) atoms. The molecule has 0 unspecified atom stereocenters. The first-order chi connectivity index (χ1) is 7.86. The van der Waals surface area contributed by atoms with Gasteiger partial charge in [0.05, 0.1) is 0 Å². The van der Waals surface area contributed by atoms with Crippen LogP contribution in [0.25, 0.3) is 0 Å². The van der Waals surface area contributed by atoms with Crippen LogP contribution in [-0.4, -0.2) is 5.99 Å². The van der Waals surface area contributed by atoms with Gasteiger partial charge in [-0.1, -0.05) is 70.4 Å². The van der Waals surface area contributed by atoms with Crippen LogP contribution in [0, 0.1) is 0 Å². The highest BCUT2D eigenvalue weighted by Gasteiger charge is 2.13. The topological polar surface area (TPSA) is 0 Å². The molecule has 1 aromatic carbocycles.